The third kappa shape index (κ3) is 2.59. The van der Waals surface area contributed by atoms with E-state index in [4.69, 9.17) is 0 Å². The molecule has 2 aromatic carbocycles. The predicted molar refractivity (Wildman–Crippen MR) is 75.2 cm³/mol. The van der Waals surface area contributed by atoms with Gasteiger partial charge in [0.05, 0.1) is 0 Å². The van der Waals surface area contributed by atoms with Gasteiger partial charge in [-0.25, -0.2) is 0 Å². The average Bonchev–Trinajstić information content (AvgIpc) is 2.47. The van der Waals surface area contributed by atoms with Gasteiger partial charge in [-0.3, -0.25) is 4.79 Å². The van der Waals surface area contributed by atoms with E-state index in [1.807, 2.05) is 55.6 Å². The summed E-state index contributed by atoms with van der Waals surface area (Å²) in [7, 11) is 1.86. The van der Waals surface area contributed by atoms with Crippen LogP contribution in [0.1, 0.15) is 28.4 Å². The third-order valence-corrected chi connectivity index (χ3v) is 3.06. The fourth-order valence-corrected chi connectivity index (χ4v) is 1.85. The minimum Gasteiger partial charge on any atom is -0.388 e. The molecule has 18 heavy (non-hydrogen) atoms. The molecule has 2 heteroatoms. The van der Waals surface area contributed by atoms with E-state index >= 15 is 0 Å². The van der Waals surface area contributed by atoms with E-state index in [9.17, 15) is 4.79 Å². The van der Waals surface area contributed by atoms with Gasteiger partial charge in [0.2, 0.25) is 0 Å². The van der Waals surface area contributed by atoms with Gasteiger partial charge in [-0.1, -0.05) is 31.2 Å². The van der Waals surface area contributed by atoms with Gasteiger partial charge in [0.1, 0.15) is 0 Å². The normalized spacial score (nSPS) is 10.1. The maximum absolute atomic E-state index is 12.2. The van der Waals surface area contributed by atoms with Crippen LogP contribution in [0.15, 0.2) is 48.5 Å². The zero-order chi connectivity index (χ0) is 13.0. The highest BCUT2D eigenvalue weighted by atomic mass is 16.1. The van der Waals surface area contributed by atoms with Crippen LogP contribution in [-0.2, 0) is 6.42 Å². The summed E-state index contributed by atoms with van der Waals surface area (Å²) in [6.45, 7) is 2.10. The quantitative estimate of drug-likeness (QED) is 0.827. The Labute approximate surface area is 108 Å². The number of ketones is 1. The molecule has 0 saturated carbocycles. The summed E-state index contributed by atoms with van der Waals surface area (Å²) in [6.07, 6.45) is 0.991. The molecule has 0 heterocycles. The number of nitrogens with one attached hydrogen (secondary N) is 1. The van der Waals surface area contributed by atoms with E-state index < -0.39 is 0 Å². The Kier molecular flexibility index (Phi) is 3.78. The van der Waals surface area contributed by atoms with Gasteiger partial charge < -0.3 is 5.32 Å². The number of benzene rings is 2. The van der Waals surface area contributed by atoms with Crippen LogP contribution in [0.3, 0.4) is 0 Å². The first-order valence-electron chi connectivity index (χ1n) is 6.16. The van der Waals surface area contributed by atoms with E-state index in [1.165, 1.54) is 5.56 Å². The Hall–Kier alpha value is -2.09. The fraction of sp³-hybridized carbons (Fsp3) is 0.188. The lowest BCUT2D eigenvalue weighted by molar-refractivity contribution is 0.103. The Bertz CT molecular complexity index is 477. The lowest BCUT2D eigenvalue weighted by atomic mass is 10.0. The highest BCUT2D eigenvalue weighted by molar-refractivity contribution is 6.09. The second-order valence-corrected chi connectivity index (χ2v) is 4.21. The van der Waals surface area contributed by atoms with Crippen LogP contribution in [0.5, 0.6) is 0 Å². The van der Waals surface area contributed by atoms with Crippen molar-refractivity contribution in [3.63, 3.8) is 0 Å². The molecule has 0 spiro atoms. The molecule has 0 amide bonds. The van der Waals surface area contributed by atoms with Gasteiger partial charge in [-0.15, -0.1) is 0 Å². The van der Waals surface area contributed by atoms with Gasteiger partial charge in [-0.2, -0.15) is 0 Å². The van der Waals surface area contributed by atoms with Crippen molar-refractivity contribution < 1.29 is 4.79 Å². The molecule has 0 fully saturated rings. The third-order valence-electron chi connectivity index (χ3n) is 3.06. The van der Waals surface area contributed by atoms with Crippen LogP contribution in [0.2, 0.25) is 0 Å². The number of hydrogen-bond acceptors (Lipinski definition) is 2. The summed E-state index contributed by atoms with van der Waals surface area (Å²) in [5.74, 6) is 0.0697. The number of anilines is 1. The summed E-state index contributed by atoms with van der Waals surface area (Å²) >= 11 is 0. The molecule has 0 bridgehead atoms. The van der Waals surface area contributed by atoms with Crippen molar-refractivity contribution in [1.82, 2.24) is 0 Å². The minimum absolute atomic E-state index is 0.0697. The first-order chi connectivity index (χ1) is 8.74. The van der Waals surface area contributed by atoms with Gasteiger partial charge in [-0.05, 0) is 36.2 Å². The summed E-state index contributed by atoms with van der Waals surface area (Å²) in [5, 5.41) is 3.04. The Morgan fingerprint density at radius 1 is 0.944 bits per heavy atom. The molecule has 2 nitrogen and oxygen atoms in total. The number of rotatable bonds is 4. The lowest BCUT2D eigenvalue weighted by Crippen LogP contribution is -2.01. The van der Waals surface area contributed by atoms with Crippen LogP contribution in [0, 0.1) is 0 Å². The molecule has 0 aromatic heterocycles. The van der Waals surface area contributed by atoms with E-state index in [-0.39, 0.29) is 5.78 Å². The molecule has 0 aliphatic rings. The summed E-state index contributed by atoms with van der Waals surface area (Å²) in [5.41, 5.74) is 3.72. The molecule has 2 rings (SSSR count). The zero-order valence-corrected chi connectivity index (χ0v) is 10.7. The summed E-state index contributed by atoms with van der Waals surface area (Å²) in [6, 6.07) is 15.3. The molecule has 2 aromatic rings. The fourth-order valence-electron chi connectivity index (χ4n) is 1.85. The van der Waals surface area contributed by atoms with Crippen molar-refractivity contribution in [2.24, 2.45) is 0 Å². The minimum atomic E-state index is 0.0697. The molecule has 0 atom stereocenters. The first kappa shape index (κ1) is 12.4. The average molecular weight is 239 g/mol. The lowest BCUT2D eigenvalue weighted by Gasteiger charge is -2.04. The molecule has 0 aliphatic carbocycles. The van der Waals surface area contributed by atoms with Crippen molar-refractivity contribution in [2.45, 2.75) is 13.3 Å². The van der Waals surface area contributed by atoms with Crippen molar-refractivity contribution in [1.29, 1.82) is 0 Å². The maximum Gasteiger partial charge on any atom is 0.193 e. The van der Waals surface area contributed by atoms with Crippen molar-refractivity contribution in [3.8, 4) is 0 Å². The molecular weight excluding hydrogens is 222 g/mol. The van der Waals surface area contributed by atoms with E-state index in [0.717, 1.165) is 23.2 Å². The van der Waals surface area contributed by atoms with E-state index in [2.05, 4.69) is 12.2 Å². The van der Waals surface area contributed by atoms with E-state index in [0.29, 0.717) is 0 Å². The number of carbonyl (C=O) groups is 1. The van der Waals surface area contributed by atoms with Crippen molar-refractivity contribution in [3.05, 3.63) is 65.2 Å². The van der Waals surface area contributed by atoms with Crippen LogP contribution in [0.25, 0.3) is 0 Å². The topological polar surface area (TPSA) is 29.1 Å². The van der Waals surface area contributed by atoms with Crippen molar-refractivity contribution >= 4 is 11.5 Å². The molecule has 1 N–H and O–H groups in total. The Morgan fingerprint density at radius 3 is 1.89 bits per heavy atom. The van der Waals surface area contributed by atoms with Crippen LogP contribution >= 0.6 is 0 Å². The number of hydrogen-bond donors (Lipinski definition) is 1. The largest absolute Gasteiger partial charge is 0.388 e. The van der Waals surface area contributed by atoms with E-state index in [1.54, 1.807) is 0 Å². The zero-order valence-electron chi connectivity index (χ0n) is 10.7. The molecule has 0 aliphatic heterocycles. The highest BCUT2D eigenvalue weighted by Crippen LogP contribution is 2.14. The first-order valence-corrected chi connectivity index (χ1v) is 6.16. The molecule has 0 saturated heterocycles. The summed E-state index contributed by atoms with van der Waals surface area (Å²) < 4.78 is 0. The molecule has 0 radical (unpaired) electrons. The Balaban J connectivity index is 2.23. The molecular formula is C16H17NO. The van der Waals surface area contributed by atoms with Gasteiger partial charge in [0.15, 0.2) is 5.78 Å². The maximum atomic E-state index is 12.2. The molecule has 92 valence electrons. The molecule has 0 unspecified atom stereocenters. The second kappa shape index (κ2) is 5.50. The Morgan fingerprint density at radius 2 is 1.44 bits per heavy atom. The number of carbonyl (C=O) groups excluding carboxylic acids is 1. The van der Waals surface area contributed by atoms with Crippen LogP contribution in [0.4, 0.5) is 5.69 Å². The predicted octanol–water partition coefficient (Wildman–Crippen LogP) is 3.52. The smallest absolute Gasteiger partial charge is 0.193 e. The van der Waals surface area contributed by atoms with Gasteiger partial charge >= 0.3 is 0 Å². The second-order valence-electron chi connectivity index (χ2n) is 4.21. The highest BCUT2D eigenvalue weighted by Gasteiger charge is 2.08. The monoisotopic (exact) mass is 239 g/mol. The van der Waals surface area contributed by atoms with Gasteiger partial charge in [0, 0.05) is 23.9 Å². The van der Waals surface area contributed by atoms with Crippen LogP contribution < -0.4 is 5.32 Å². The van der Waals surface area contributed by atoms with Gasteiger partial charge in [0.25, 0.3) is 0 Å². The summed E-state index contributed by atoms with van der Waals surface area (Å²) in [4.78, 5) is 12.2. The van der Waals surface area contributed by atoms with Crippen LogP contribution in [-0.4, -0.2) is 12.8 Å². The van der Waals surface area contributed by atoms with Crippen molar-refractivity contribution in [2.75, 3.05) is 12.4 Å². The SMILES string of the molecule is CCc1ccc(C(=O)c2ccc(NC)cc2)cc1. The number of aryl methyl sites for hydroxylation is 1. The standard InChI is InChI=1S/C16H17NO/c1-3-12-4-6-13(7-5-12)16(18)14-8-10-15(17-2)11-9-14/h4-11,17H,3H2,1-2H3.